The number of hydrogen-bond donors (Lipinski definition) is 1. The van der Waals surface area contributed by atoms with E-state index >= 15 is 0 Å². The predicted molar refractivity (Wildman–Crippen MR) is 72.0 cm³/mol. The Bertz CT molecular complexity index is 460. The second-order valence-electron chi connectivity index (χ2n) is 5.58. The fourth-order valence-corrected chi connectivity index (χ4v) is 3.50. The van der Waals surface area contributed by atoms with Gasteiger partial charge in [-0.2, -0.15) is 5.26 Å². The Balaban J connectivity index is 1.76. The molecule has 2 aliphatic rings. The van der Waals surface area contributed by atoms with Crippen LogP contribution in [0, 0.1) is 17.2 Å². The van der Waals surface area contributed by atoms with Crippen LogP contribution in [0.15, 0.2) is 24.3 Å². The summed E-state index contributed by atoms with van der Waals surface area (Å²) < 4.78 is 0. The minimum absolute atomic E-state index is 0.221. The standard InChI is InChI=1S/C16H20N2/c17-11-13-7-4-9-15(13)18-16-10-3-6-12-5-1-2-8-14(12)16/h1-2,5,8,13,15-16,18H,3-4,6-7,9-10H2. The van der Waals surface area contributed by atoms with Gasteiger partial charge in [0.15, 0.2) is 0 Å². The second-order valence-corrected chi connectivity index (χ2v) is 5.58. The molecule has 18 heavy (non-hydrogen) atoms. The first-order valence-corrected chi connectivity index (χ1v) is 7.12. The molecule has 0 saturated heterocycles. The van der Waals surface area contributed by atoms with Crippen molar-refractivity contribution in [2.75, 3.05) is 0 Å². The monoisotopic (exact) mass is 240 g/mol. The zero-order valence-electron chi connectivity index (χ0n) is 10.7. The van der Waals surface area contributed by atoms with Crippen molar-refractivity contribution in [2.45, 2.75) is 50.6 Å². The second kappa shape index (κ2) is 5.12. The molecule has 1 N–H and O–H groups in total. The van der Waals surface area contributed by atoms with Crippen LogP contribution >= 0.6 is 0 Å². The van der Waals surface area contributed by atoms with Gasteiger partial charge >= 0.3 is 0 Å². The highest BCUT2D eigenvalue weighted by Gasteiger charge is 2.30. The summed E-state index contributed by atoms with van der Waals surface area (Å²) in [6, 6.07) is 12.1. The van der Waals surface area contributed by atoms with E-state index in [1.165, 1.54) is 36.8 Å². The Morgan fingerprint density at radius 2 is 2.00 bits per heavy atom. The van der Waals surface area contributed by atoms with Gasteiger partial charge < -0.3 is 5.32 Å². The van der Waals surface area contributed by atoms with Crippen LogP contribution in [0.5, 0.6) is 0 Å². The molecule has 0 spiro atoms. The molecule has 3 unspecified atom stereocenters. The Kier molecular flexibility index (Phi) is 3.34. The smallest absolute Gasteiger partial charge is 0.0672 e. The average molecular weight is 240 g/mol. The summed E-state index contributed by atoms with van der Waals surface area (Å²) in [4.78, 5) is 0. The minimum atomic E-state index is 0.221. The van der Waals surface area contributed by atoms with Crippen molar-refractivity contribution in [3.63, 3.8) is 0 Å². The molecule has 2 nitrogen and oxygen atoms in total. The molecular formula is C16H20N2. The Morgan fingerprint density at radius 3 is 2.89 bits per heavy atom. The van der Waals surface area contributed by atoms with Crippen LogP contribution in [0.25, 0.3) is 0 Å². The van der Waals surface area contributed by atoms with E-state index in [1.807, 2.05) is 0 Å². The van der Waals surface area contributed by atoms with E-state index in [4.69, 9.17) is 0 Å². The molecule has 1 fully saturated rings. The maximum Gasteiger partial charge on any atom is 0.0672 e. The molecule has 0 aromatic heterocycles. The zero-order valence-corrected chi connectivity index (χ0v) is 10.7. The third-order valence-corrected chi connectivity index (χ3v) is 4.47. The quantitative estimate of drug-likeness (QED) is 0.860. The van der Waals surface area contributed by atoms with Gasteiger partial charge in [-0.05, 0) is 43.2 Å². The van der Waals surface area contributed by atoms with Gasteiger partial charge in [0.25, 0.3) is 0 Å². The third-order valence-electron chi connectivity index (χ3n) is 4.47. The van der Waals surface area contributed by atoms with Gasteiger partial charge in [0.05, 0.1) is 12.0 Å². The highest BCUT2D eigenvalue weighted by atomic mass is 15.0. The number of nitrogens with one attached hydrogen (secondary N) is 1. The van der Waals surface area contributed by atoms with Crippen molar-refractivity contribution < 1.29 is 0 Å². The van der Waals surface area contributed by atoms with Crippen molar-refractivity contribution in [2.24, 2.45) is 5.92 Å². The van der Waals surface area contributed by atoms with Gasteiger partial charge in [0, 0.05) is 12.1 Å². The topological polar surface area (TPSA) is 35.8 Å². The van der Waals surface area contributed by atoms with E-state index in [-0.39, 0.29) is 5.92 Å². The highest BCUT2D eigenvalue weighted by molar-refractivity contribution is 5.32. The molecule has 2 aliphatic carbocycles. The number of nitrogens with zero attached hydrogens (tertiary/aromatic N) is 1. The van der Waals surface area contributed by atoms with Crippen molar-refractivity contribution in [3.8, 4) is 6.07 Å². The van der Waals surface area contributed by atoms with Crippen LogP contribution in [0.3, 0.4) is 0 Å². The molecule has 0 aliphatic heterocycles. The number of fused-ring (bicyclic) bond motifs is 1. The lowest BCUT2D eigenvalue weighted by molar-refractivity contribution is 0.369. The highest BCUT2D eigenvalue weighted by Crippen LogP contribution is 2.33. The van der Waals surface area contributed by atoms with E-state index in [0.717, 1.165) is 12.8 Å². The Labute approximate surface area is 109 Å². The lowest BCUT2D eigenvalue weighted by Gasteiger charge is -2.30. The van der Waals surface area contributed by atoms with E-state index in [9.17, 15) is 5.26 Å². The molecule has 94 valence electrons. The number of hydrogen-bond acceptors (Lipinski definition) is 2. The summed E-state index contributed by atoms with van der Waals surface area (Å²) in [5.41, 5.74) is 2.96. The number of aryl methyl sites for hydroxylation is 1. The number of benzene rings is 1. The van der Waals surface area contributed by atoms with Crippen LogP contribution in [0.2, 0.25) is 0 Å². The average Bonchev–Trinajstić information content (AvgIpc) is 2.86. The maximum atomic E-state index is 9.17. The van der Waals surface area contributed by atoms with Crippen molar-refractivity contribution in [1.29, 1.82) is 5.26 Å². The summed E-state index contributed by atoms with van der Waals surface area (Å²) in [5.74, 6) is 0.221. The maximum absolute atomic E-state index is 9.17. The lowest BCUT2D eigenvalue weighted by Crippen LogP contribution is -2.36. The van der Waals surface area contributed by atoms with Gasteiger partial charge in [0.1, 0.15) is 0 Å². The first-order valence-electron chi connectivity index (χ1n) is 7.12. The molecule has 1 aromatic rings. The number of nitriles is 1. The molecule has 2 heteroatoms. The first-order chi connectivity index (χ1) is 8.88. The number of rotatable bonds is 2. The van der Waals surface area contributed by atoms with Crippen LogP contribution in [0.1, 0.15) is 49.3 Å². The Morgan fingerprint density at radius 1 is 1.11 bits per heavy atom. The molecule has 0 radical (unpaired) electrons. The fourth-order valence-electron chi connectivity index (χ4n) is 3.50. The van der Waals surface area contributed by atoms with E-state index < -0.39 is 0 Å². The largest absolute Gasteiger partial charge is 0.306 e. The van der Waals surface area contributed by atoms with E-state index in [0.29, 0.717) is 12.1 Å². The molecule has 0 amide bonds. The summed E-state index contributed by atoms with van der Waals surface area (Å²) in [7, 11) is 0. The van der Waals surface area contributed by atoms with E-state index in [1.54, 1.807) is 0 Å². The predicted octanol–water partition coefficient (Wildman–Crippen LogP) is 3.35. The normalized spacial score (nSPS) is 30.7. The third kappa shape index (κ3) is 2.15. The molecule has 3 rings (SSSR count). The van der Waals surface area contributed by atoms with E-state index in [2.05, 4.69) is 35.7 Å². The van der Waals surface area contributed by atoms with Crippen LogP contribution in [-0.2, 0) is 6.42 Å². The summed E-state index contributed by atoms with van der Waals surface area (Å²) >= 11 is 0. The SMILES string of the molecule is N#CC1CCCC1NC1CCCc2ccccc21. The summed E-state index contributed by atoms with van der Waals surface area (Å²) in [6.45, 7) is 0. The van der Waals surface area contributed by atoms with Crippen LogP contribution in [0.4, 0.5) is 0 Å². The van der Waals surface area contributed by atoms with Crippen LogP contribution < -0.4 is 5.32 Å². The van der Waals surface area contributed by atoms with Gasteiger partial charge in [-0.15, -0.1) is 0 Å². The summed E-state index contributed by atoms with van der Waals surface area (Å²) in [6.07, 6.45) is 7.12. The molecule has 0 heterocycles. The molecule has 1 saturated carbocycles. The van der Waals surface area contributed by atoms with Gasteiger partial charge in [-0.1, -0.05) is 30.7 Å². The fraction of sp³-hybridized carbons (Fsp3) is 0.562. The van der Waals surface area contributed by atoms with Crippen molar-refractivity contribution in [3.05, 3.63) is 35.4 Å². The van der Waals surface area contributed by atoms with Crippen LogP contribution in [-0.4, -0.2) is 6.04 Å². The molecule has 0 bridgehead atoms. The Hall–Kier alpha value is -1.33. The zero-order chi connectivity index (χ0) is 12.4. The van der Waals surface area contributed by atoms with Crippen molar-refractivity contribution in [1.82, 2.24) is 5.32 Å². The molecule has 3 atom stereocenters. The molecular weight excluding hydrogens is 220 g/mol. The lowest BCUT2D eigenvalue weighted by atomic mass is 9.87. The van der Waals surface area contributed by atoms with Crippen molar-refractivity contribution >= 4 is 0 Å². The minimum Gasteiger partial charge on any atom is -0.306 e. The van der Waals surface area contributed by atoms with Gasteiger partial charge in [0.2, 0.25) is 0 Å². The van der Waals surface area contributed by atoms with Gasteiger partial charge in [-0.25, -0.2) is 0 Å². The van der Waals surface area contributed by atoms with Gasteiger partial charge in [-0.3, -0.25) is 0 Å². The summed E-state index contributed by atoms with van der Waals surface area (Å²) in [5, 5.41) is 12.9. The molecule has 1 aromatic carbocycles. The first kappa shape index (κ1) is 11.7.